The van der Waals surface area contributed by atoms with Gasteiger partial charge in [-0.25, -0.2) is 4.98 Å². The second-order valence-corrected chi connectivity index (χ2v) is 7.16. The van der Waals surface area contributed by atoms with E-state index < -0.39 is 0 Å². The molecule has 1 aromatic carbocycles. The first-order chi connectivity index (χ1) is 13.2. The highest BCUT2D eigenvalue weighted by atomic mass is 32.1. The van der Waals surface area contributed by atoms with Crippen LogP contribution in [-0.2, 0) is 0 Å². The molecule has 0 aliphatic rings. The van der Waals surface area contributed by atoms with E-state index in [1.165, 1.54) is 22.7 Å². The predicted molar refractivity (Wildman–Crippen MR) is 105 cm³/mol. The molecule has 1 N–H and O–H groups in total. The van der Waals surface area contributed by atoms with Gasteiger partial charge in [0.15, 0.2) is 5.01 Å². The van der Waals surface area contributed by atoms with Crippen LogP contribution in [0, 0.1) is 0 Å². The number of pyridine rings is 1. The lowest BCUT2D eigenvalue weighted by Crippen LogP contribution is -2.12. The second kappa shape index (κ2) is 7.60. The highest BCUT2D eigenvalue weighted by molar-refractivity contribution is 7.18. The van der Waals surface area contributed by atoms with Crippen LogP contribution in [0.5, 0.6) is 5.75 Å². The van der Waals surface area contributed by atoms with Gasteiger partial charge < -0.3 is 4.74 Å². The zero-order valence-electron chi connectivity index (χ0n) is 14.1. The Morgan fingerprint density at radius 1 is 1.07 bits per heavy atom. The van der Waals surface area contributed by atoms with Crippen molar-refractivity contribution in [3.05, 3.63) is 59.7 Å². The minimum Gasteiger partial charge on any atom is -0.496 e. The monoisotopic (exact) mass is 395 g/mol. The number of thiazole rings is 1. The number of carbonyl (C=O) groups excluding carboxylic acids is 1. The largest absolute Gasteiger partial charge is 0.496 e. The van der Waals surface area contributed by atoms with Crippen molar-refractivity contribution in [1.29, 1.82) is 0 Å². The topological polar surface area (TPSA) is 89.9 Å². The summed E-state index contributed by atoms with van der Waals surface area (Å²) in [5, 5.41) is 14.3. The maximum atomic E-state index is 12.5. The third-order valence-electron chi connectivity index (χ3n) is 3.60. The van der Waals surface area contributed by atoms with Crippen LogP contribution in [0.25, 0.3) is 21.3 Å². The van der Waals surface area contributed by atoms with Gasteiger partial charge in [0.2, 0.25) is 5.13 Å². The number of hydrogen-bond donors (Lipinski definition) is 1. The SMILES string of the molecule is COc1ccccc1-c1nc(C(=O)Nc2nnc(-c3ccccn3)s2)cs1. The minimum absolute atomic E-state index is 0.315. The highest BCUT2D eigenvalue weighted by Crippen LogP contribution is 2.32. The Hall–Kier alpha value is -3.17. The summed E-state index contributed by atoms with van der Waals surface area (Å²) in [6, 6.07) is 13.1. The molecule has 9 heteroatoms. The van der Waals surface area contributed by atoms with Crippen molar-refractivity contribution in [2.75, 3.05) is 12.4 Å². The number of nitrogens with zero attached hydrogens (tertiary/aromatic N) is 4. The lowest BCUT2D eigenvalue weighted by molar-refractivity contribution is 0.102. The molecule has 0 saturated heterocycles. The summed E-state index contributed by atoms with van der Waals surface area (Å²) in [5.74, 6) is 0.374. The third-order valence-corrected chi connectivity index (χ3v) is 5.34. The Labute approximate surface area is 162 Å². The fourth-order valence-electron chi connectivity index (χ4n) is 2.35. The van der Waals surface area contributed by atoms with Gasteiger partial charge >= 0.3 is 0 Å². The number of nitrogens with one attached hydrogen (secondary N) is 1. The number of para-hydroxylation sites is 1. The zero-order valence-corrected chi connectivity index (χ0v) is 15.8. The number of hydrogen-bond acceptors (Lipinski definition) is 8. The molecule has 134 valence electrons. The third kappa shape index (κ3) is 3.69. The average Bonchev–Trinajstić information content (AvgIpc) is 3.38. The van der Waals surface area contributed by atoms with E-state index in [1.807, 2.05) is 42.5 Å². The molecule has 0 atom stereocenters. The summed E-state index contributed by atoms with van der Waals surface area (Å²) in [7, 11) is 1.61. The Balaban J connectivity index is 1.51. The van der Waals surface area contributed by atoms with E-state index in [1.54, 1.807) is 18.7 Å². The lowest BCUT2D eigenvalue weighted by Gasteiger charge is -2.04. The smallest absolute Gasteiger partial charge is 0.276 e. The van der Waals surface area contributed by atoms with Crippen LogP contribution in [0.3, 0.4) is 0 Å². The number of carbonyl (C=O) groups is 1. The maximum absolute atomic E-state index is 12.5. The molecule has 7 nitrogen and oxygen atoms in total. The molecule has 0 radical (unpaired) electrons. The number of anilines is 1. The van der Waals surface area contributed by atoms with Gasteiger partial charge in [0.1, 0.15) is 22.1 Å². The highest BCUT2D eigenvalue weighted by Gasteiger charge is 2.16. The molecule has 4 rings (SSSR count). The number of benzene rings is 1. The van der Waals surface area contributed by atoms with Crippen molar-refractivity contribution >= 4 is 33.7 Å². The summed E-state index contributed by atoms with van der Waals surface area (Å²) in [6.07, 6.45) is 1.68. The van der Waals surface area contributed by atoms with E-state index >= 15 is 0 Å². The quantitative estimate of drug-likeness (QED) is 0.550. The van der Waals surface area contributed by atoms with Crippen LogP contribution in [0.15, 0.2) is 54.0 Å². The molecular weight excluding hydrogens is 382 g/mol. The standard InChI is InChI=1S/C18H13N5O2S2/c1-25-14-8-3-2-6-11(14)16-20-13(10-26-16)15(24)21-18-23-22-17(27-18)12-7-4-5-9-19-12/h2-10H,1H3,(H,21,23,24). The second-order valence-electron chi connectivity index (χ2n) is 5.32. The molecule has 0 aliphatic carbocycles. The first-order valence-electron chi connectivity index (χ1n) is 7.90. The van der Waals surface area contributed by atoms with Crippen LogP contribution in [0.2, 0.25) is 0 Å². The van der Waals surface area contributed by atoms with Crippen molar-refractivity contribution in [3.63, 3.8) is 0 Å². The molecule has 0 bridgehead atoms. The van der Waals surface area contributed by atoms with Crippen molar-refractivity contribution in [3.8, 4) is 27.0 Å². The maximum Gasteiger partial charge on any atom is 0.276 e. The van der Waals surface area contributed by atoms with Gasteiger partial charge in [-0.2, -0.15) is 0 Å². The van der Waals surface area contributed by atoms with Crippen molar-refractivity contribution in [2.24, 2.45) is 0 Å². The van der Waals surface area contributed by atoms with Crippen LogP contribution >= 0.6 is 22.7 Å². The van der Waals surface area contributed by atoms with Crippen molar-refractivity contribution in [2.45, 2.75) is 0 Å². The predicted octanol–water partition coefficient (Wildman–Crippen LogP) is 3.98. The summed E-state index contributed by atoms with van der Waals surface area (Å²) >= 11 is 2.64. The van der Waals surface area contributed by atoms with Gasteiger partial charge in [0.05, 0.1) is 12.7 Å². The normalized spacial score (nSPS) is 10.6. The summed E-state index contributed by atoms with van der Waals surface area (Å²) in [4.78, 5) is 21.1. The number of rotatable bonds is 5. The molecule has 27 heavy (non-hydrogen) atoms. The fraction of sp³-hybridized carbons (Fsp3) is 0.0556. The summed E-state index contributed by atoms with van der Waals surface area (Å²) < 4.78 is 5.35. The molecule has 3 heterocycles. The lowest BCUT2D eigenvalue weighted by atomic mass is 10.2. The van der Waals surface area contributed by atoms with Crippen LogP contribution in [0.1, 0.15) is 10.5 Å². The molecule has 4 aromatic rings. The van der Waals surface area contributed by atoms with Crippen molar-refractivity contribution in [1.82, 2.24) is 20.2 Å². The number of aromatic nitrogens is 4. The average molecular weight is 395 g/mol. The zero-order chi connectivity index (χ0) is 18.6. The first kappa shape index (κ1) is 17.3. The Morgan fingerprint density at radius 2 is 1.93 bits per heavy atom. The molecule has 3 aromatic heterocycles. The Bertz CT molecular complexity index is 1080. The van der Waals surface area contributed by atoms with Crippen molar-refractivity contribution < 1.29 is 9.53 Å². The molecule has 0 aliphatic heterocycles. The van der Waals surface area contributed by atoms with Gasteiger partial charge in [0, 0.05) is 11.6 Å². The van der Waals surface area contributed by atoms with Gasteiger partial charge in [0.25, 0.3) is 5.91 Å². The molecule has 0 spiro atoms. The van der Waals surface area contributed by atoms with E-state index in [2.05, 4.69) is 25.5 Å². The van der Waals surface area contributed by atoms with E-state index in [4.69, 9.17) is 4.74 Å². The first-order valence-corrected chi connectivity index (χ1v) is 9.59. The molecule has 1 amide bonds. The van der Waals surface area contributed by atoms with Gasteiger partial charge in [-0.15, -0.1) is 21.5 Å². The van der Waals surface area contributed by atoms with E-state index in [0.717, 1.165) is 5.56 Å². The van der Waals surface area contributed by atoms with E-state index in [-0.39, 0.29) is 5.91 Å². The number of amides is 1. The summed E-state index contributed by atoms with van der Waals surface area (Å²) in [6.45, 7) is 0. The van der Waals surface area contributed by atoms with Gasteiger partial charge in [-0.1, -0.05) is 29.5 Å². The minimum atomic E-state index is -0.337. The van der Waals surface area contributed by atoms with Gasteiger partial charge in [-0.05, 0) is 24.3 Å². The Kier molecular flexibility index (Phi) is 4.86. The molecule has 0 saturated carbocycles. The van der Waals surface area contributed by atoms with E-state index in [9.17, 15) is 4.79 Å². The van der Waals surface area contributed by atoms with Gasteiger partial charge in [-0.3, -0.25) is 15.1 Å². The number of ether oxygens (including phenoxy) is 1. The molecule has 0 fully saturated rings. The Morgan fingerprint density at radius 3 is 2.74 bits per heavy atom. The fourth-order valence-corrected chi connectivity index (χ4v) is 3.90. The van der Waals surface area contributed by atoms with Crippen LogP contribution in [-0.4, -0.2) is 33.2 Å². The molecule has 0 unspecified atom stereocenters. The van der Waals surface area contributed by atoms with Crippen LogP contribution < -0.4 is 10.1 Å². The molecular formula is C18H13N5O2S2. The summed E-state index contributed by atoms with van der Waals surface area (Å²) in [5.41, 5.74) is 1.87. The van der Waals surface area contributed by atoms with Crippen LogP contribution in [0.4, 0.5) is 5.13 Å². The van der Waals surface area contributed by atoms with E-state index in [0.29, 0.717) is 32.3 Å². The number of methoxy groups -OCH3 is 1.